The number of hydrogen-bond acceptors (Lipinski definition) is 6. The topological polar surface area (TPSA) is 158 Å². The van der Waals surface area contributed by atoms with Crippen molar-refractivity contribution in [1.82, 2.24) is 15.2 Å². The molecule has 1 heterocycles. The normalized spacial score (nSPS) is 10.6. The van der Waals surface area contributed by atoms with Gasteiger partial charge in [0.15, 0.2) is 5.75 Å². The highest BCUT2D eigenvalue weighted by Crippen LogP contribution is 2.30. The predicted molar refractivity (Wildman–Crippen MR) is 127 cm³/mol. The number of nitrogens with one attached hydrogen (secondary N) is 2. The number of aliphatic carboxylic acids is 1. The number of carboxylic acids is 1. The maximum absolute atomic E-state index is 13.1. The quantitative estimate of drug-likeness (QED) is 0.305. The van der Waals surface area contributed by atoms with Crippen LogP contribution in [0.1, 0.15) is 31.8 Å². The first kappa shape index (κ1) is 25.6. The Bertz CT molecular complexity index is 1370. The van der Waals surface area contributed by atoms with Gasteiger partial charge in [-0.05, 0) is 23.3 Å². The van der Waals surface area contributed by atoms with E-state index in [4.69, 9.17) is 28.3 Å². The molecule has 0 saturated heterocycles. The number of amides is 2. The zero-order chi connectivity index (χ0) is 25.7. The van der Waals surface area contributed by atoms with Crippen LogP contribution in [0.3, 0.4) is 0 Å². The number of pyridine rings is 1. The number of rotatable bonds is 8. The fourth-order valence-corrected chi connectivity index (χ4v) is 3.60. The number of aromatic hydroxyl groups is 2. The Morgan fingerprint density at radius 2 is 1.37 bits per heavy atom. The number of halogens is 2. The summed E-state index contributed by atoms with van der Waals surface area (Å²) in [6.45, 7) is -1.30. The van der Waals surface area contributed by atoms with Crippen LogP contribution < -0.4 is 16.2 Å². The zero-order valence-corrected chi connectivity index (χ0v) is 19.4. The largest absolute Gasteiger partial charge is 0.506 e. The second-order valence-electron chi connectivity index (χ2n) is 7.26. The highest BCUT2D eigenvalue weighted by Gasteiger charge is 2.30. The van der Waals surface area contributed by atoms with Gasteiger partial charge in [0.2, 0.25) is 5.88 Å². The Hall–Kier alpha value is -4.02. The summed E-state index contributed by atoms with van der Waals surface area (Å²) in [5, 5.41) is 35.3. The molecule has 182 valence electrons. The standard InChI is InChI=1S/C23H19Cl2N3O7/c24-14-7-3-1-5-12(14)9-26-20(32)17-19(31)18(21(33)27-10-16(29)30)23(35)28(22(17)34)11-13-6-2-4-8-15(13)25/h1-8,31,34H,9-11H2,(H,26,32)(H,27,33)(H,29,30). The van der Waals surface area contributed by atoms with Crippen molar-refractivity contribution < 1.29 is 29.7 Å². The van der Waals surface area contributed by atoms with Gasteiger partial charge in [0, 0.05) is 16.6 Å². The number of benzene rings is 2. The van der Waals surface area contributed by atoms with Gasteiger partial charge in [0.1, 0.15) is 17.7 Å². The van der Waals surface area contributed by atoms with Gasteiger partial charge in [-0.3, -0.25) is 23.7 Å². The first-order valence-electron chi connectivity index (χ1n) is 10.1. The Balaban J connectivity index is 2.09. The molecule has 12 heteroatoms. The molecule has 35 heavy (non-hydrogen) atoms. The molecular formula is C23H19Cl2N3O7. The van der Waals surface area contributed by atoms with Crippen molar-refractivity contribution in [2.45, 2.75) is 13.1 Å². The predicted octanol–water partition coefficient (Wildman–Crippen LogP) is 2.36. The molecule has 10 nitrogen and oxygen atoms in total. The molecule has 2 amide bonds. The molecule has 3 aromatic rings. The number of carbonyl (C=O) groups is 3. The van der Waals surface area contributed by atoms with Gasteiger partial charge in [-0.2, -0.15) is 0 Å². The average molecular weight is 520 g/mol. The van der Waals surface area contributed by atoms with Crippen molar-refractivity contribution >= 4 is 41.0 Å². The van der Waals surface area contributed by atoms with E-state index >= 15 is 0 Å². The molecule has 0 saturated carbocycles. The third-order valence-corrected chi connectivity index (χ3v) is 5.69. The molecule has 0 radical (unpaired) electrons. The number of carboxylic acid groups (broad SMARTS) is 1. The van der Waals surface area contributed by atoms with Crippen molar-refractivity contribution in [2.75, 3.05) is 6.54 Å². The molecule has 0 bridgehead atoms. The van der Waals surface area contributed by atoms with Crippen LogP contribution in [-0.2, 0) is 17.9 Å². The lowest BCUT2D eigenvalue weighted by Gasteiger charge is -2.17. The third-order valence-electron chi connectivity index (χ3n) is 4.95. The lowest BCUT2D eigenvalue weighted by Crippen LogP contribution is -2.37. The van der Waals surface area contributed by atoms with Crippen molar-refractivity contribution in [1.29, 1.82) is 0 Å². The molecule has 3 rings (SSSR count). The monoisotopic (exact) mass is 519 g/mol. The van der Waals surface area contributed by atoms with E-state index in [9.17, 15) is 29.4 Å². The summed E-state index contributed by atoms with van der Waals surface area (Å²) in [5.41, 5.74) is -1.93. The van der Waals surface area contributed by atoms with E-state index in [2.05, 4.69) is 5.32 Å². The molecule has 0 fully saturated rings. The maximum atomic E-state index is 13.1. The summed E-state index contributed by atoms with van der Waals surface area (Å²) < 4.78 is 0.682. The highest BCUT2D eigenvalue weighted by molar-refractivity contribution is 6.31. The van der Waals surface area contributed by atoms with Crippen LogP contribution in [0.2, 0.25) is 10.0 Å². The smallest absolute Gasteiger partial charge is 0.322 e. The molecule has 2 aromatic carbocycles. The first-order valence-corrected chi connectivity index (χ1v) is 10.8. The van der Waals surface area contributed by atoms with Crippen molar-refractivity contribution in [3.63, 3.8) is 0 Å². The minimum atomic E-state index is -1.40. The van der Waals surface area contributed by atoms with E-state index in [-0.39, 0.29) is 18.1 Å². The summed E-state index contributed by atoms with van der Waals surface area (Å²) in [5.74, 6) is -5.69. The van der Waals surface area contributed by atoms with Crippen molar-refractivity contribution in [2.24, 2.45) is 0 Å². The molecule has 1 aromatic heterocycles. The van der Waals surface area contributed by atoms with Gasteiger partial charge >= 0.3 is 5.97 Å². The molecule has 0 aliphatic carbocycles. The Kier molecular flexibility index (Phi) is 8.00. The van der Waals surface area contributed by atoms with Gasteiger partial charge in [-0.15, -0.1) is 0 Å². The molecule has 5 N–H and O–H groups in total. The van der Waals surface area contributed by atoms with E-state index in [1.54, 1.807) is 42.5 Å². The van der Waals surface area contributed by atoms with Crippen LogP contribution in [0.5, 0.6) is 11.6 Å². The zero-order valence-electron chi connectivity index (χ0n) is 17.9. The lowest BCUT2D eigenvalue weighted by molar-refractivity contribution is -0.135. The van der Waals surface area contributed by atoms with Gasteiger partial charge < -0.3 is 26.0 Å². The molecule has 0 aliphatic rings. The number of aromatic nitrogens is 1. The van der Waals surface area contributed by atoms with Crippen molar-refractivity contribution in [3.8, 4) is 11.6 Å². The van der Waals surface area contributed by atoms with Gasteiger partial charge in [0.25, 0.3) is 17.4 Å². The summed E-state index contributed by atoms with van der Waals surface area (Å²) in [4.78, 5) is 49.4. The number of carbonyl (C=O) groups excluding carboxylic acids is 2. The fourth-order valence-electron chi connectivity index (χ4n) is 3.21. The highest BCUT2D eigenvalue weighted by atomic mass is 35.5. The van der Waals surface area contributed by atoms with Crippen LogP contribution in [0.4, 0.5) is 0 Å². The van der Waals surface area contributed by atoms with Crippen molar-refractivity contribution in [3.05, 3.63) is 91.2 Å². The van der Waals surface area contributed by atoms with E-state index in [1.165, 1.54) is 6.07 Å². The SMILES string of the molecule is O=C(O)CNC(=O)c1c(O)c(C(=O)NCc2ccccc2Cl)c(O)n(Cc2ccccc2Cl)c1=O. The molecule has 0 aliphatic heterocycles. The molecule has 0 spiro atoms. The minimum Gasteiger partial charge on any atom is -0.506 e. The summed E-state index contributed by atoms with van der Waals surface area (Å²) >= 11 is 12.2. The van der Waals surface area contributed by atoms with Crippen LogP contribution in [-0.4, -0.2) is 44.2 Å². The minimum absolute atomic E-state index is 0.0957. The van der Waals surface area contributed by atoms with Crippen LogP contribution in [0.25, 0.3) is 0 Å². The summed E-state index contributed by atoms with van der Waals surface area (Å²) in [7, 11) is 0. The van der Waals surface area contributed by atoms with Gasteiger partial charge in [0.05, 0.1) is 6.54 Å². The first-order chi connectivity index (χ1) is 16.6. The third kappa shape index (κ3) is 5.73. The number of nitrogens with zero attached hydrogens (tertiary/aromatic N) is 1. The maximum Gasteiger partial charge on any atom is 0.322 e. The Morgan fingerprint density at radius 3 is 1.94 bits per heavy atom. The second-order valence-corrected chi connectivity index (χ2v) is 8.07. The second kappa shape index (κ2) is 10.9. The molecule has 0 atom stereocenters. The van der Waals surface area contributed by atoms with Crippen LogP contribution in [0, 0.1) is 0 Å². The van der Waals surface area contributed by atoms with Gasteiger partial charge in [-0.25, -0.2) is 0 Å². The molecular weight excluding hydrogens is 501 g/mol. The molecule has 0 unspecified atom stereocenters. The summed E-state index contributed by atoms with van der Waals surface area (Å²) in [6, 6.07) is 13.0. The van der Waals surface area contributed by atoms with E-state index in [0.717, 1.165) is 0 Å². The Morgan fingerprint density at radius 1 is 0.829 bits per heavy atom. The Labute approximate surface area is 208 Å². The van der Waals surface area contributed by atoms with E-state index in [0.29, 0.717) is 20.7 Å². The van der Waals surface area contributed by atoms with Gasteiger partial charge in [-0.1, -0.05) is 59.6 Å². The van der Waals surface area contributed by atoms with E-state index < -0.39 is 52.6 Å². The van der Waals surface area contributed by atoms with E-state index in [1.807, 2.05) is 5.32 Å². The van der Waals surface area contributed by atoms with Crippen LogP contribution >= 0.6 is 23.2 Å². The van der Waals surface area contributed by atoms with Crippen LogP contribution in [0.15, 0.2) is 53.3 Å². The average Bonchev–Trinajstić information content (AvgIpc) is 2.81. The summed E-state index contributed by atoms with van der Waals surface area (Å²) in [6.07, 6.45) is 0. The lowest BCUT2D eigenvalue weighted by atomic mass is 10.1. The fraction of sp³-hybridized carbons (Fsp3) is 0.130. The number of hydrogen-bond donors (Lipinski definition) is 5.